The maximum absolute atomic E-state index is 11.2. The molecule has 1 N–H and O–H groups in total. The van der Waals surface area contributed by atoms with E-state index in [0.29, 0.717) is 23.9 Å². The van der Waals surface area contributed by atoms with Gasteiger partial charge in [-0.05, 0) is 6.07 Å². The van der Waals surface area contributed by atoms with Gasteiger partial charge < -0.3 is 19.3 Å². The van der Waals surface area contributed by atoms with Gasteiger partial charge in [0.25, 0.3) is 0 Å². The number of alkyl halides is 6. The third-order valence-corrected chi connectivity index (χ3v) is 2.96. The Morgan fingerprint density at radius 1 is 1.15 bits per heavy atom. The van der Waals surface area contributed by atoms with Crippen LogP contribution in [0.2, 0.25) is 5.02 Å². The van der Waals surface area contributed by atoms with E-state index >= 15 is 0 Å². The van der Waals surface area contributed by atoms with Gasteiger partial charge >= 0.3 is 24.3 Å². The van der Waals surface area contributed by atoms with Gasteiger partial charge in [0.2, 0.25) is 0 Å². The molecule has 1 saturated heterocycles. The number of aliphatic hydroxyl groups excluding tert-OH is 1. The second-order valence-corrected chi connectivity index (χ2v) is 5.01. The molecule has 0 saturated carbocycles. The van der Waals surface area contributed by atoms with E-state index in [4.69, 9.17) is 26.2 Å². The Morgan fingerprint density at radius 3 is 2.00 bits per heavy atom. The molecule has 2 heterocycles. The van der Waals surface area contributed by atoms with E-state index in [1.807, 2.05) is 0 Å². The fourth-order valence-electron chi connectivity index (χ4n) is 1.48. The summed E-state index contributed by atoms with van der Waals surface area (Å²) in [5.41, 5.74) is 1.25. The lowest BCUT2D eigenvalue weighted by molar-refractivity contribution is -0.221. The van der Waals surface area contributed by atoms with Crippen molar-refractivity contribution in [3.8, 4) is 0 Å². The molecule has 0 radical (unpaired) electrons. The van der Waals surface area contributed by atoms with Crippen LogP contribution < -0.4 is 0 Å². The number of ether oxygens (including phenoxy) is 3. The Hall–Kier alpha value is -1.96. The molecule has 0 aromatic carbocycles. The van der Waals surface area contributed by atoms with Gasteiger partial charge in [0, 0.05) is 11.8 Å². The van der Waals surface area contributed by atoms with E-state index in [1.54, 1.807) is 12.3 Å². The zero-order valence-corrected chi connectivity index (χ0v) is 13.7. The van der Waals surface area contributed by atoms with Crippen LogP contribution in [0, 0.1) is 0 Å². The van der Waals surface area contributed by atoms with Crippen molar-refractivity contribution in [2.75, 3.05) is 13.2 Å². The molecule has 1 aromatic rings. The van der Waals surface area contributed by atoms with E-state index < -0.39 is 24.3 Å². The summed E-state index contributed by atoms with van der Waals surface area (Å²) in [6, 6.07) is 1.70. The van der Waals surface area contributed by atoms with Crippen molar-refractivity contribution < 1.29 is 55.2 Å². The normalized spacial score (nSPS) is 15.1. The van der Waals surface area contributed by atoms with Gasteiger partial charge in [-0.2, -0.15) is 26.3 Å². The molecule has 0 spiro atoms. The second kappa shape index (κ2) is 9.30. The average Bonchev–Trinajstić information content (AvgIpc) is 3.08. The summed E-state index contributed by atoms with van der Waals surface area (Å²) in [5, 5.41) is 9.30. The molecule has 0 amide bonds. The molecule has 27 heavy (non-hydrogen) atoms. The van der Waals surface area contributed by atoms with Crippen molar-refractivity contribution in [2.45, 2.75) is 25.2 Å². The SMILES string of the molecule is O=C(OC(=O)C(F)(F)F)C(F)(F)F.OCc1ncc(C2OCCO2)cc1Cl. The highest BCUT2D eigenvalue weighted by molar-refractivity contribution is 6.31. The first-order valence-electron chi connectivity index (χ1n) is 6.74. The van der Waals surface area contributed by atoms with Crippen molar-refractivity contribution in [3.63, 3.8) is 0 Å². The predicted octanol–water partition coefficient (Wildman–Crippen LogP) is 2.45. The fourth-order valence-corrected chi connectivity index (χ4v) is 1.71. The molecule has 1 aliphatic heterocycles. The van der Waals surface area contributed by atoms with Crippen LogP contribution in [0.15, 0.2) is 12.3 Å². The minimum Gasteiger partial charge on any atom is -0.390 e. The van der Waals surface area contributed by atoms with Gasteiger partial charge in [-0.25, -0.2) is 9.59 Å². The lowest BCUT2D eigenvalue weighted by atomic mass is 10.2. The number of rotatable bonds is 2. The molecule has 1 aliphatic rings. The molecule has 1 fully saturated rings. The van der Waals surface area contributed by atoms with E-state index in [0.717, 1.165) is 5.56 Å². The van der Waals surface area contributed by atoms with Crippen LogP contribution in [0.5, 0.6) is 0 Å². The number of hydrogen-bond acceptors (Lipinski definition) is 7. The van der Waals surface area contributed by atoms with Crippen molar-refractivity contribution >= 4 is 23.5 Å². The zero-order chi connectivity index (χ0) is 20.8. The molecule has 0 bridgehead atoms. The van der Waals surface area contributed by atoms with E-state index in [-0.39, 0.29) is 12.9 Å². The van der Waals surface area contributed by atoms with E-state index in [2.05, 4.69) is 9.72 Å². The number of carbonyl (C=O) groups is 2. The topological polar surface area (TPSA) is 95.0 Å². The van der Waals surface area contributed by atoms with Crippen LogP contribution >= 0.6 is 11.6 Å². The Balaban J connectivity index is 0.000000271. The van der Waals surface area contributed by atoms with Gasteiger partial charge in [-0.1, -0.05) is 11.6 Å². The van der Waals surface area contributed by atoms with Crippen molar-refractivity contribution in [1.82, 2.24) is 4.98 Å². The molecule has 1 aromatic heterocycles. The van der Waals surface area contributed by atoms with Crippen LogP contribution in [-0.2, 0) is 30.4 Å². The van der Waals surface area contributed by atoms with Crippen LogP contribution in [0.1, 0.15) is 17.5 Å². The minimum absolute atomic E-state index is 0.161. The standard InChI is InChI=1S/C9H10ClNO3.C4F6O3/c10-7-3-6(4-11-8(7)5-12)9-13-1-2-14-9;5-3(6,7)1(11)13-2(12)4(8,9)10/h3-4,9,12H,1-2,5H2;. The number of carbonyl (C=O) groups excluding carboxylic acids is 2. The minimum atomic E-state index is -5.62. The highest BCUT2D eigenvalue weighted by Gasteiger charge is 2.49. The predicted molar refractivity (Wildman–Crippen MR) is 73.0 cm³/mol. The van der Waals surface area contributed by atoms with Gasteiger partial charge in [0.05, 0.1) is 30.5 Å². The first-order valence-corrected chi connectivity index (χ1v) is 7.12. The van der Waals surface area contributed by atoms with Gasteiger partial charge in [0.1, 0.15) is 0 Å². The molecule has 2 rings (SSSR count). The number of esters is 2. The molecule has 7 nitrogen and oxygen atoms in total. The van der Waals surface area contributed by atoms with Crippen molar-refractivity contribution in [1.29, 1.82) is 0 Å². The molecule has 152 valence electrons. The smallest absolute Gasteiger partial charge is 0.390 e. The molecule has 14 heteroatoms. The van der Waals surface area contributed by atoms with Crippen LogP contribution in [-0.4, -0.2) is 47.6 Å². The summed E-state index contributed by atoms with van der Waals surface area (Å²) >= 11 is 5.87. The third-order valence-electron chi connectivity index (χ3n) is 2.63. The number of nitrogens with zero attached hydrogens (tertiary/aromatic N) is 1. The largest absolute Gasteiger partial charge is 0.491 e. The Bertz CT molecular complexity index is 650. The summed E-state index contributed by atoms with van der Waals surface area (Å²) in [5.74, 6) is -6.40. The first kappa shape index (κ1) is 23.1. The van der Waals surface area contributed by atoms with Crippen LogP contribution in [0.3, 0.4) is 0 Å². The van der Waals surface area contributed by atoms with Crippen molar-refractivity contribution in [3.05, 3.63) is 28.5 Å². The third kappa shape index (κ3) is 7.28. The highest BCUT2D eigenvalue weighted by Crippen LogP contribution is 2.26. The molecule has 0 aliphatic carbocycles. The number of halogens is 7. The maximum Gasteiger partial charge on any atom is 0.491 e. The summed E-state index contributed by atoms with van der Waals surface area (Å²) in [7, 11) is 0. The van der Waals surface area contributed by atoms with E-state index in [1.165, 1.54) is 0 Å². The van der Waals surface area contributed by atoms with Crippen LogP contribution in [0.25, 0.3) is 0 Å². The number of pyridine rings is 1. The molecular formula is C13H10ClF6NO6. The summed E-state index contributed by atoms with van der Waals surface area (Å²) in [4.78, 5) is 23.3. The Morgan fingerprint density at radius 2 is 1.63 bits per heavy atom. The average molecular weight is 426 g/mol. The Kier molecular flexibility index (Phi) is 7.95. The molecule has 0 unspecified atom stereocenters. The Labute approximate surface area is 151 Å². The summed E-state index contributed by atoms with van der Waals surface area (Å²) in [6.45, 7) is 1.01. The second-order valence-electron chi connectivity index (χ2n) is 4.60. The summed E-state index contributed by atoms with van der Waals surface area (Å²) in [6.07, 6.45) is -10.0. The number of aliphatic hydroxyl groups is 1. The van der Waals surface area contributed by atoms with E-state index in [9.17, 15) is 35.9 Å². The quantitative estimate of drug-likeness (QED) is 0.442. The molecular weight excluding hydrogens is 416 g/mol. The monoisotopic (exact) mass is 425 g/mol. The van der Waals surface area contributed by atoms with Gasteiger partial charge in [0.15, 0.2) is 6.29 Å². The maximum atomic E-state index is 11.2. The first-order chi connectivity index (χ1) is 12.4. The number of aromatic nitrogens is 1. The molecule has 0 atom stereocenters. The van der Waals surface area contributed by atoms with Gasteiger partial charge in [-0.15, -0.1) is 0 Å². The lowest BCUT2D eigenvalue weighted by Crippen LogP contribution is -2.34. The van der Waals surface area contributed by atoms with Gasteiger partial charge in [-0.3, -0.25) is 4.98 Å². The summed E-state index contributed by atoms with van der Waals surface area (Å²) < 4.78 is 80.2. The van der Waals surface area contributed by atoms with Crippen molar-refractivity contribution in [2.24, 2.45) is 0 Å². The fraction of sp³-hybridized carbons (Fsp3) is 0.462. The zero-order valence-electron chi connectivity index (χ0n) is 12.9. The highest BCUT2D eigenvalue weighted by atomic mass is 35.5. The van der Waals surface area contributed by atoms with Crippen LogP contribution in [0.4, 0.5) is 26.3 Å². The number of hydrogen-bond donors (Lipinski definition) is 1. The lowest BCUT2D eigenvalue weighted by Gasteiger charge is -2.09.